The van der Waals surface area contributed by atoms with Gasteiger partial charge < -0.3 is 4.74 Å². The molecule has 0 radical (unpaired) electrons. The molecule has 9 nitrogen and oxygen atoms in total. The lowest BCUT2D eigenvalue weighted by Crippen LogP contribution is -2.37. The Kier molecular flexibility index (Phi) is 4.70. The molecule has 1 aliphatic heterocycles. The molecule has 0 amide bonds. The van der Waals surface area contributed by atoms with Crippen LogP contribution in [0.2, 0.25) is 0 Å². The van der Waals surface area contributed by atoms with Crippen LogP contribution in [-0.2, 0) is 14.8 Å². The summed E-state index contributed by atoms with van der Waals surface area (Å²) in [6.07, 6.45) is 3.77. The molecule has 0 bridgehead atoms. The van der Waals surface area contributed by atoms with Crippen molar-refractivity contribution in [3.8, 4) is 0 Å². The van der Waals surface area contributed by atoms with Crippen LogP contribution in [0.1, 0.15) is 12.8 Å². The summed E-state index contributed by atoms with van der Waals surface area (Å²) >= 11 is 0. The summed E-state index contributed by atoms with van der Waals surface area (Å²) in [5.41, 5.74) is 0.0954. The molecule has 116 valence electrons. The molecule has 1 aliphatic rings. The zero-order valence-corrected chi connectivity index (χ0v) is 12.0. The third kappa shape index (κ3) is 4.09. The van der Waals surface area contributed by atoms with E-state index < -0.39 is 15.1 Å². The normalized spacial score (nSPS) is 16.6. The van der Waals surface area contributed by atoms with Crippen molar-refractivity contribution in [3.63, 3.8) is 0 Å². The molecule has 0 aromatic carbocycles. The van der Waals surface area contributed by atoms with Crippen molar-refractivity contribution in [1.82, 2.24) is 4.98 Å². The Morgan fingerprint density at radius 1 is 1.43 bits per heavy atom. The van der Waals surface area contributed by atoms with Crippen LogP contribution in [0.4, 0.5) is 5.69 Å². The molecule has 0 spiro atoms. The maximum absolute atomic E-state index is 11.3. The first-order valence-electron chi connectivity index (χ1n) is 6.35. The van der Waals surface area contributed by atoms with Gasteiger partial charge in [-0.1, -0.05) is 5.01 Å². The summed E-state index contributed by atoms with van der Waals surface area (Å²) in [6.45, 7) is 1.32. The number of hydrazine groups is 1. The van der Waals surface area contributed by atoms with Gasteiger partial charge in [0, 0.05) is 19.4 Å². The van der Waals surface area contributed by atoms with E-state index in [1.807, 2.05) is 0 Å². The number of nitrogens with zero attached hydrogens (tertiary/aromatic N) is 3. The second-order valence-corrected chi connectivity index (χ2v) is 6.36. The molecule has 0 saturated carbocycles. The van der Waals surface area contributed by atoms with Crippen molar-refractivity contribution < 1.29 is 18.2 Å². The van der Waals surface area contributed by atoms with Crippen molar-refractivity contribution in [2.75, 3.05) is 24.8 Å². The molecule has 2 rings (SSSR count). The highest BCUT2D eigenvalue weighted by molar-refractivity contribution is 7.89. The van der Waals surface area contributed by atoms with Gasteiger partial charge in [0.1, 0.15) is 10.6 Å². The van der Waals surface area contributed by atoms with E-state index in [2.05, 4.69) is 4.98 Å². The number of nitrogens with two attached hydrogens (primary N) is 1. The van der Waals surface area contributed by atoms with E-state index in [9.17, 15) is 18.5 Å². The van der Waals surface area contributed by atoms with Crippen molar-refractivity contribution in [2.45, 2.75) is 17.7 Å². The number of pyridine rings is 1. The number of anilines is 1. The van der Waals surface area contributed by atoms with Crippen LogP contribution in [0.15, 0.2) is 23.4 Å². The van der Waals surface area contributed by atoms with E-state index >= 15 is 0 Å². The van der Waals surface area contributed by atoms with Crippen LogP contribution < -0.4 is 10.1 Å². The Balaban J connectivity index is 2.23. The van der Waals surface area contributed by atoms with Gasteiger partial charge >= 0.3 is 0 Å². The minimum atomic E-state index is -3.95. The fourth-order valence-corrected chi connectivity index (χ4v) is 2.64. The quantitative estimate of drug-likeness (QED) is 0.604. The van der Waals surface area contributed by atoms with E-state index in [1.54, 1.807) is 0 Å². The van der Waals surface area contributed by atoms with E-state index in [4.69, 9.17) is 9.88 Å². The van der Waals surface area contributed by atoms with Crippen LogP contribution in [-0.4, -0.2) is 38.2 Å². The summed E-state index contributed by atoms with van der Waals surface area (Å²) < 4.78 is 27.8. The molecule has 21 heavy (non-hydrogen) atoms. The van der Waals surface area contributed by atoms with E-state index in [0.29, 0.717) is 13.2 Å². The van der Waals surface area contributed by atoms with E-state index in [0.717, 1.165) is 30.1 Å². The zero-order chi connectivity index (χ0) is 15.5. The number of aromatic nitrogens is 1. The van der Waals surface area contributed by atoms with Crippen molar-refractivity contribution in [1.29, 1.82) is 0 Å². The highest BCUT2D eigenvalue weighted by Gasteiger charge is 2.25. The van der Waals surface area contributed by atoms with Crippen LogP contribution >= 0.6 is 0 Å². The highest BCUT2D eigenvalue weighted by atomic mass is 32.2. The minimum Gasteiger partial charge on any atom is -0.381 e. The molecular formula is C11H16N4O5S. The molecule has 0 aliphatic carbocycles. The first kappa shape index (κ1) is 15.6. The maximum atomic E-state index is 11.3. The van der Waals surface area contributed by atoms with Gasteiger partial charge in [-0.3, -0.25) is 4.98 Å². The van der Waals surface area contributed by atoms with Crippen LogP contribution in [0, 0.1) is 16.0 Å². The third-order valence-corrected chi connectivity index (χ3v) is 4.17. The van der Waals surface area contributed by atoms with Gasteiger partial charge in [-0.2, -0.15) is 0 Å². The number of hydrogen-bond acceptors (Lipinski definition) is 6. The molecule has 0 unspecified atom stereocenters. The molecule has 1 fully saturated rings. The standard InChI is InChI=1S/C11H16N4O5S/c12-21(18,19)11-5-10(6-13-7-11)14(15(16)17)8-9-1-3-20-4-2-9/h5-7,9H,1-4,8H2,(H2,12,18,19). The van der Waals surface area contributed by atoms with E-state index in [1.165, 1.54) is 6.20 Å². The predicted octanol–water partition coefficient (Wildman–Crippen LogP) is 0.154. The first-order chi connectivity index (χ1) is 9.88. The molecule has 1 aromatic heterocycles. The lowest BCUT2D eigenvalue weighted by Gasteiger charge is -2.24. The SMILES string of the molecule is NS(=O)(=O)c1cncc(N(CC2CCOCC2)[N+](=O)[O-])c1. The topological polar surface area (TPSA) is 129 Å². The molecular weight excluding hydrogens is 300 g/mol. The monoisotopic (exact) mass is 316 g/mol. The average Bonchev–Trinajstić information content (AvgIpc) is 2.45. The Labute approximate surface area is 121 Å². The first-order valence-corrected chi connectivity index (χ1v) is 7.90. The van der Waals surface area contributed by atoms with Crippen LogP contribution in [0.3, 0.4) is 0 Å². The Morgan fingerprint density at radius 2 is 2.10 bits per heavy atom. The lowest BCUT2D eigenvalue weighted by molar-refractivity contribution is -0.495. The summed E-state index contributed by atoms with van der Waals surface area (Å²) in [6, 6.07) is 1.16. The molecule has 1 saturated heterocycles. The van der Waals surface area contributed by atoms with Gasteiger partial charge in [0.15, 0.2) is 5.03 Å². The largest absolute Gasteiger partial charge is 0.381 e. The smallest absolute Gasteiger partial charge is 0.239 e. The number of rotatable bonds is 5. The molecule has 2 N–H and O–H groups in total. The zero-order valence-electron chi connectivity index (χ0n) is 11.2. The predicted molar refractivity (Wildman–Crippen MR) is 73.5 cm³/mol. The average molecular weight is 316 g/mol. The number of sulfonamides is 1. The van der Waals surface area contributed by atoms with Crippen LogP contribution in [0.25, 0.3) is 0 Å². The van der Waals surface area contributed by atoms with Crippen molar-refractivity contribution >= 4 is 15.7 Å². The number of ether oxygens (including phenoxy) is 1. The van der Waals surface area contributed by atoms with Gasteiger partial charge in [0.25, 0.3) is 0 Å². The minimum absolute atomic E-state index is 0.0954. The van der Waals surface area contributed by atoms with Gasteiger partial charge in [0.2, 0.25) is 10.0 Å². The van der Waals surface area contributed by atoms with Gasteiger partial charge in [0.05, 0.1) is 12.7 Å². The second-order valence-electron chi connectivity index (χ2n) is 4.80. The number of hydrogen-bond donors (Lipinski definition) is 1. The van der Waals surface area contributed by atoms with Crippen molar-refractivity contribution in [2.24, 2.45) is 11.1 Å². The fourth-order valence-electron chi connectivity index (χ4n) is 2.14. The van der Waals surface area contributed by atoms with Gasteiger partial charge in [-0.15, -0.1) is 0 Å². The Hall–Kier alpha value is -1.78. The Bertz CT molecular complexity index is 615. The number of primary sulfonamides is 1. The van der Waals surface area contributed by atoms with Gasteiger partial charge in [-0.05, 0) is 24.8 Å². The summed E-state index contributed by atoms with van der Waals surface area (Å²) in [5, 5.41) is 16.6. The summed E-state index contributed by atoms with van der Waals surface area (Å²) in [5.74, 6) is 0.113. The molecule has 10 heteroatoms. The fraction of sp³-hybridized carbons (Fsp3) is 0.545. The summed E-state index contributed by atoms with van der Waals surface area (Å²) in [7, 11) is -3.95. The second kappa shape index (κ2) is 6.33. The molecule has 2 heterocycles. The maximum Gasteiger partial charge on any atom is 0.239 e. The van der Waals surface area contributed by atoms with E-state index in [-0.39, 0.29) is 23.0 Å². The lowest BCUT2D eigenvalue weighted by atomic mass is 10.0. The number of nitro groups is 1. The molecule has 1 aromatic rings. The summed E-state index contributed by atoms with van der Waals surface area (Å²) in [4.78, 5) is 14.7. The highest BCUT2D eigenvalue weighted by Crippen LogP contribution is 2.22. The Morgan fingerprint density at radius 3 is 2.67 bits per heavy atom. The third-order valence-electron chi connectivity index (χ3n) is 3.29. The van der Waals surface area contributed by atoms with Gasteiger partial charge in [-0.25, -0.2) is 23.7 Å². The molecule has 0 atom stereocenters. The van der Waals surface area contributed by atoms with Crippen LogP contribution in [0.5, 0.6) is 0 Å². The van der Waals surface area contributed by atoms with Crippen molar-refractivity contribution in [3.05, 3.63) is 28.6 Å².